The standard InChI is InChI=1S/C14H10ClF3O/c15-13(9-1-5-11(16)6-2-9)10-3-7-12(8-4-10)19-14(17)18/h1-8,13-14H. The van der Waals surface area contributed by atoms with E-state index in [9.17, 15) is 13.2 Å². The molecule has 0 N–H and O–H groups in total. The topological polar surface area (TPSA) is 9.23 Å². The van der Waals surface area contributed by atoms with Gasteiger partial charge < -0.3 is 4.74 Å². The molecule has 0 aliphatic heterocycles. The molecule has 0 aliphatic carbocycles. The van der Waals surface area contributed by atoms with Crippen LogP contribution in [0.5, 0.6) is 5.75 Å². The molecule has 0 heterocycles. The van der Waals surface area contributed by atoms with Gasteiger partial charge in [0.1, 0.15) is 11.6 Å². The number of ether oxygens (including phenoxy) is 1. The summed E-state index contributed by atoms with van der Waals surface area (Å²) in [5.41, 5.74) is 1.44. The molecule has 0 aliphatic rings. The van der Waals surface area contributed by atoms with Crippen LogP contribution in [0, 0.1) is 5.82 Å². The molecular formula is C14H10ClF3O. The van der Waals surface area contributed by atoms with Crippen molar-refractivity contribution in [1.29, 1.82) is 0 Å². The van der Waals surface area contributed by atoms with E-state index < -0.39 is 12.0 Å². The lowest BCUT2D eigenvalue weighted by Gasteiger charge is -2.11. The highest BCUT2D eigenvalue weighted by Crippen LogP contribution is 2.30. The minimum Gasteiger partial charge on any atom is -0.435 e. The van der Waals surface area contributed by atoms with Gasteiger partial charge in [0.2, 0.25) is 0 Å². The van der Waals surface area contributed by atoms with Gasteiger partial charge >= 0.3 is 6.61 Å². The summed E-state index contributed by atoms with van der Waals surface area (Å²) in [6.45, 7) is -2.85. The average Bonchev–Trinajstić information content (AvgIpc) is 2.39. The maximum absolute atomic E-state index is 12.8. The molecule has 1 unspecified atom stereocenters. The molecule has 2 rings (SSSR count). The van der Waals surface area contributed by atoms with E-state index in [-0.39, 0.29) is 11.6 Å². The SMILES string of the molecule is Fc1ccc(C(Cl)c2ccc(OC(F)F)cc2)cc1. The van der Waals surface area contributed by atoms with Gasteiger partial charge in [0.15, 0.2) is 0 Å². The Bertz CT molecular complexity index is 525. The van der Waals surface area contributed by atoms with Crippen LogP contribution >= 0.6 is 11.6 Å². The van der Waals surface area contributed by atoms with Crippen LogP contribution in [-0.4, -0.2) is 6.61 Å². The average molecular weight is 287 g/mol. The van der Waals surface area contributed by atoms with Crippen molar-refractivity contribution in [3.05, 3.63) is 65.5 Å². The molecule has 0 amide bonds. The molecule has 2 aromatic carbocycles. The smallest absolute Gasteiger partial charge is 0.387 e. The van der Waals surface area contributed by atoms with Gasteiger partial charge in [-0.15, -0.1) is 11.6 Å². The Labute approximate surface area is 113 Å². The fourth-order valence-corrected chi connectivity index (χ4v) is 1.93. The fourth-order valence-electron chi connectivity index (χ4n) is 1.64. The van der Waals surface area contributed by atoms with Crippen LogP contribution in [0.1, 0.15) is 16.5 Å². The van der Waals surface area contributed by atoms with Crippen molar-refractivity contribution in [3.8, 4) is 5.75 Å². The second-order valence-corrected chi connectivity index (χ2v) is 4.30. The predicted octanol–water partition coefficient (Wildman–Crippen LogP) is 4.76. The van der Waals surface area contributed by atoms with Crippen LogP contribution in [0.2, 0.25) is 0 Å². The third-order valence-electron chi connectivity index (χ3n) is 2.56. The molecule has 19 heavy (non-hydrogen) atoms. The molecule has 0 saturated carbocycles. The summed E-state index contributed by atoms with van der Waals surface area (Å²) >= 11 is 6.23. The van der Waals surface area contributed by atoms with E-state index in [1.54, 1.807) is 24.3 Å². The quantitative estimate of drug-likeness (QED) is 0.737. The van der Waals surface area contributed by atoms with Crippen molar-refractivity contribution in [2.45, 2.75) is 12.0 Å². The van der Waals surface area contributed by atoms with Crippen molar-refractivity contribution in [2.75, 3.05) is 0 Å². The van der Waals surface area contributed by atoms with Crippen LogP contribution < -0.4 is 4.74 Å². The molecule has 0 aromatic heterocycles. The Morgan fingerprint density at radius 3 is 1.79 bits per heavy atom. The van der Waals surface area contributed by atoms with Crippen molar-refractivity contribution >= 4 is 11.6 Å². The lowest BCUT2D eigenvalue weighted by Crippen LogP contribution is -2.02. The van der Waals surface area contributed by atoms with Crippen LogP contribution in [0.3, 0.4) is 0 Å². The zero-order valence-electron chi connectivity index (χ0n) is 9.69. The Morgan fingerprint density at radius 2 is 1.32 bits per heavy atom. The monoisotopic (exact) mass is 286 g/mol. The van der Waals surface area contributed by atoms with Gasteiger partial charge in [-0.25, -0.2) is 4.39 Å². The summed E-state index contributed by atoms with van der Waals surface area (Å²) in [7, 11) is 0. The highest BCUT2D eigenvalue weighted by atomic mass is 35.5. The van der Waals surface area contributed by atoms with Gasteiger partial charge in [-0.2, -0.15) is 8.78 Å². The molecule has 1 nitrogen and oxygen atoms in total. The second kappa shape index (κ2) is 5.97. The normalized spacial score (nSPS) is 12.5. The Kier molecular flexibility index (Phi) is 4.32. The van der Waals surface area contributed by atoms with Crippen molar-refractivity contribution in [1.82, 2.24) is 0 Å². The number of benzene rings is 2. The Balaban J connectivity index is 2.15. The molecule has 5 heteroatoms. The summed E-state index contributed by atoms with van der Waals surface area (Å²) < 4.78 is 41.0. The van der Waals surface area contributed by atoms with Gasteiger partial charge in [-0.1, -0.05) is 24.3 Å². The van der Waals surface area contributed by atoms with Gasteiger partial charge in [0.25, 0.3) is 0 Å². The Morgan fingerprint density at radius 1 is 0.842 bits per heavy atom. The molecule has 0 spiro atoms. The first-order valence-corrected chi connectivity index (χ1v) is 5.94. The maximum atomic E-state index is 12.8. The summed E-state index contributed by atoms with van der Waals surface area (Å²) in [5.74, 6) is -0.268. The van der Waals surface area contributed by atoms with E-state index in [0.717, 1.165) is 11.1 Å². The number of halogens is 4. The van der Waals surface area contributed by atoms with Crippen LogP contribution in [0.15, 0.2) is 48.5 Å². The van der Waals surface area contributed by atoms with Gasteiger partial charge in [0, 0.05) is 0 Å². The highest BCUT2D eigenvalue weighted by molar-refractivity contribution is 6.22. The van der Waals surface area contributed by atoms with E-state index in [1.165, 1.54) is 24.3 Å². The van der Waals surface area contributed by atoms with E-state index in [2.05, 4.69) is 4.74 Å². The van der Waals surface area contributed by atoms with Gasteiger partial charge in [-0.05, 0) is 35.4 Å². The number of hydrogen-bond donors (Lipinski definition) is 0. The first-order chi connectivity index (χ1) is 9.06. The van der Waals surface area contributed by atoms with Gasteiger partial charge in [0.05, 0.1) is 5.38 Å². The number of hydrogen-bond acceptors (Lipinski definition) is 1. The molecule has 2 aromatic rings. The maximum Gasteiger partial charge on any atom is 0.387 e. The summed E-state index contributed by atoms with van der Waals surface area (Å²) in [6.07, 6.45) is 0. The zero-order chi connectivity index (χ0) is 13.8. The van der Waals surface area contributed by atoms with E-state index in [0.29, 0.717) is 0 Å². The van der Waals surface area contributed by atoms with Crippen LogP contribution in [0.25, 0.3) is 0 Å². The van der Waals surface area contributed by atoms with Crippen molar-refractivity contribution in [3.63, 3.8) is 0 Å². The minimum absolute atomic E-state index is 0.0710. The second-order valence-electron chi connectivity index (χ2n) is 3.86. The molecule has 0 bridgehead atoms. The minimum atomic E-state index is -2.85. The molecule has 0 fully saturated rings. The summed E-state index contributed by atoms with van der Waals surface area (Å²) in [4.78, 5) is 0. The molecule has 1 atom stereocenters. The summed E-state index contributed by atoms with van der Waals surface area (Å²) in [6, 6.07) is 11.8. The van der Waals surface area contributed by atoms with E-state index >= 15 is 0 Å². The van der Waals surface area contributed by atoms with Crippen molar-refractivity contribution < 1.29 is 17.9 Å². The van der Waals surface area contributed by atoms with Crippen molar-refractivity contribution in [2.24, 2.45) is 0 Å². The van der Waals surface area contributed by atoms with Crippen LogP contribution in [-0.2, 0) is 0 Å². The molecular weight excluding hydrogens is 277 g/mol. The largest absolute Gasteiger partial charge is 0.435 e. The summed E-state index contributed by atoms with van der Waals surface area (Å²) in [5, 5.41) is -0.471. The van der Waals surface area contributed by atoms with Gasteiger partial charge in [-0.3, -0.25) is 0 Å². The molecule has 0 saturated heterocycles. The molecule has 0 radical (unpaired) electrons. The third kappa shape index (κ3) is 3.64. The highest BCUT2D eigenvalue weighted by Gasteiger charge is 2.11. The lowest BCUT2D eigenvalue weighted by atomic mass is 10.0. The van der Waals surface area contributed by atoms with Crippen LogP contribution in [0.4, 0.5) is 13.2 Å². The predicted molar refractivity (Wildman–Crippen MR) is 67.2 cm³/mol. The first-order valence-electron chi connectivity index (χ1n) is 5.50. The Hall–Kier alpha value is -1.68. The molecule has 100 valence electrons. The third-order valence-corrected chi connectivity index (χ3v) is 3.06. The van der Waals surface area contributed by atoms with E-state index in [1.807, 2.05) is 0 Å². The lowest BCUT2D eigenvalue weighted by molar-refractivity contribution is -0.0498. The number of alkyl halides is 3. The van der Waals surface area contributed by atoms with E-state index in [4.69, 9.17) is 11.6 Å². The first kappa shape index (κ1) is 13.7. The zero-order valence-corrected chi connectivity index (χ0v) is 10.4. The fraction of sp³-hybridized carbons (Fsp3) is 0.143. The number of rotatable bonds is 4.